The number of fused-ring (bicyclic) bond motifs is 1. The normalized spacial score (nSPS) is 15.9. The number of aromatic nitrogens is 1. The molecule has 0 atom stereocenters. The fourth-order valence-corrected chi connectivity index (χ4v) is 3.84. The molecule has 1 aliphatic rings. The van der Waals surface area contributed by atoms with E-state index in [1.807, 2.05) is 13.8 Å². The molecule has 33 heavy (non-hydrogen) atoms. The van der Waals surface area contributed by atoms with E-state index in [0.29, 0.717) is 16.8 Å². The van der Waals surface area contributed by atoms with E-state index in [1.165, 1.54) is 18.2 Å². The minimum Gasteiger partial charge on any atom is -0.455 e. The van der Waals surface area contributed by atoms with Gasteiger partial charge in [0.15, 0.2) is 0 Å². The third-order valence-electron chi connectivity index (χ3n) is 4.95. The van der Waals surface area contributed by atoms with Gasteiger partial charge in [-0.15, -0.1) is 0 Å². The van der Waals surface area contributed by atoms with Gasteiger partial charge in [-0.1, -0.05) is 32.0 Å². The second-order valence-corrected chi connectivity index (χ2v) is 10.8. The molecule has 0 saturated carbocycles. The predicted octanol–water partition coefficient (Wildman–Crippen LogP) is 5.59. The van der Waals surface area contributed by atoms with E-state index in [1.54, 1.807) is 45.0 Å². The fourth-order valence-electron chi connectivity index (χ4n) is 3.35. The Bertz CT molecular complexity index is 1230. The van der Waals surface area contributed by atoms with Gasteiger partial charge < -0.3 is 8.92 Å². The number of allylic oxidation sites excluding steroid dienone is 1. The molecule has 0 N–H and O–H groups in total. The molecule has 1 aliphatic carbocycles. The first-order valence-electron chi connectivity index (χ1n) is 10.1. The molecule has 3 rings (SSSR count). The third kappa shape index (κ3) is 5.38. The van der Waals surface area contributed by atoms with Crippen molar-refractivity contribution in [1.82, 2.24) is 4.98 Å². The molecule has 6 nitrogen and oxygen atoms in total. The van der Waals surface area contributed by atoms with Crippen LogP contribution in [0.2, 0.25) is 0 Å². The number of rotatable bonds is 4. The average Bonchev–Trinajstić information content (AvgIpc) is 2.68. The second-order valence-electron chi connectivity index (χ2n) is 9.31. The molecule has 0 spiro atoms. The van der Waals surface area contributed by atoms with E-state index in [2.05, 4.69) is 9.17 Å². The number of ether oxygens (including phenoxy) is 1. The Hall–Kier alpha value is -2.88. The molecule has 1 heterocycles. The molecule has 1 aromatic carbocycles. The Morgan fingerprint density at radius 1 is 1.09 bits per heavy atom. The molecule has 1 aromatic heterocycles. The molecule has 0 amide bonds. The summed E-state index contributed by atoms with van der Waals surface area (Å²) in [7, 11) is -5.84. The topological polar surface area (TPSA) is 82.6 Å². The van der Waals surface area contributed by atoms with Crippen LogP contribution in [0.4, 0.5) is 13.2 Å². The maximum atomic E-state index is 12.9. The number of carbonyl (C=O) groups excluding carboxylic acids is 1. The third-order valence-corrected chi connectivity index (χ3v) is 5.91. The van der Waals surface area contributed by atoms with Crippen molar-refractivity contribution in [3.05, 3.63) is 59.3 Å². The van der Waals surface area contributed by atoms with Gasteiger partial charge in [-0.05, 0) is 62.4 Å². The van der Waals surface area contributed by atoms with E-state index >= 15 is 0 Å². The molecular weight excluding hydrogens is 459 g/mol. The Morgan fingerprint density at radius 3 is 2.36 bits per heavy atom. The first-order chi connectivity index (χ1) is 15.0. The summed E-state index contributed by atoms with van der Waals surface area (Å²) in [6, 6.07) is 9.64. The first kappa shape index (κ1) is 24.8. The lowest BCUT2D eigenvalue weighted by atomic mass is 9.75. The monoisotopic (exact) mass is 483 g/mol. The van der Waals surface area contributed by atoms with Crippen molar-refractivity contribution in [3.63, 3.8) is 0 Å². The summed E-state index contributed by atoms with van der Waals surface area (Å²) in [5, 5.41) is 0. The highest BCUT2D eigenvalue weighted by Gasteiger charge is 2.49. The summed E-state index contributed by atoms with van der Waals surface area (Å²) >= 11 is 0. The van der Waals surface area contributed by atoms with Gasteiger partial charge in [0.25, 0.3) is 0 Å². The van der Waals surface area contributed by atoms with E-state index in [0.717, 1.165) is 0 Å². The van der Waals surface area contributed by atoms with Crippen LogP contribution in [0, 0.1) is 0 Å². The smallest absolute Gasteiger partial charge is 0.455 e. The number of alkyl halides is 3. The minimum atomic E-state index is -5.84. The van der Waals surface area contributed by atoms with Gasteiger partial charge in [0.2, 0.25) is 0 Å². The highest BCUT2D eigenvalue weighted by molar-refractivity contribution is 7.87. The molecular formula is C23H24F3NO5S. The average molecular weight is 484 g/mol. The second kappa shape index (κ2) is 8.16. The zero-order valence-electron chi connectivity index (χ0n) is 18.8. The molecule has 0 saturated heterocycles. The Kier molecular flexibility index (Phi) is 6.12. The standard InChI is InChI=1S/C23H24F3NO5S/c1-21(2,3)31-20(28)18-8-6-7-17(27-18)14-9-10-16-15(13-14)19(11-12-22(16,4)5)32-33(29,30)23(24,25)26/h6-11,13H,12H2,1-5H3. The highest BCUT2D eigenvalue weighted by atomic mass is 32.2. The van der Waals surface area contributed by atoms with Crippen molar-refractivity contribution in [2.24, 2.45) is 0 Å². The van der Waals surface area contributed by atoms with Gasteiger partial charge in [-0.25, -0.2) is 9.78 Å². The number of halogens is 3. The van der Waals surface area contributed by atoms with Crippen LogP contribution in [-0.2, 0) is 24.5 Å². The zero-order valence-corrected chi connectivity index (χ0v) is 19.6. The van der Waals surface area contributed by atoms with Crippen LogP contribution < -0.4 is 0 Å². The predicted molar refractivity (Wildman–Crippen MR) is 117 cm³/mol. The van der Waals surface area contributed by atoms with E-state index in [-0.39, 0.29) is 17.7 Å². The number of carbonyl (C=O) groups is 1. The molecule has 0 bridgehead atoms. The summed E-state index contributed by atoms with van der Waals surface area (Å²) < 4.78 is 71.8. The van der Waals surface area contributed by atoms with Gasteiger partial charge in [-0.3, -0.25) is 0 Å². The van der Waals surface area contributed by atoms with Crippen LogP contribution in [0.3, 0.4) is 0 Å². The summed E-state index contributed by atoms with van der Waals surface area (Å²) in [6.07, 6.45) is 1.62. The number of hydrogen-bond acceptors (Lipinski definition) is 6. The lowest BCUT2D eigenvalue weighted by Gasteiger charge is -2.31. The SMILES string of the molecule is CC(C)(C)OC(=O)c1cccc(-c2ccc3c(c2)C(OS(=O)(=O)C(F)(F)F)=CCC3(C)C)n1. The van der Waals surface area contributed by atoms with Gasteiger partial charge in [0, 0.05) is 11.1 Å². The maximum Gasteiger partial charge on any atom is 0.534 e. The van der Waals surface area contributed by atoms with Crippen molar-refractivity contribution in [1.29, 1.82) is 0 Å². The molecule has 0 fully saturated rings. The van der Waals surface area contributed by atoms with Gasteiger partial charge in [0.05, 0.1) is 5.69 Å². The summed E-state index contributed by atoms with van der Waals surface area (Å²) in [4.78, 5) is 16.7. The van der Waals surface area contributed by atoms with Crippen molar-refractivity contribution in [3.8, 4) is 11.3 Å². The molecule has 0 radical (unpaired) electrons. The van der Waals surface area contributed by atoms with Gasteiger partial charge in [0.1, 0.15) is 17.1 Å². The lowest BCUT2D eigenvalue weighted by molar-refractivity contribution is -0.0509. The largest absolute Gasteiger partial charge is 0.534 e. The first-order valence-corrected chi connectivity index (χ1v) is 11.5. The summed E-state index contributed by atoms with van der Waals surface area (Å²) in [6.45, 7) is 8.95. The van der Waals surface area contributed by atoms with Crippen molar-refractivity contribution in [2.75, 3.05) is 0 Å². The zero-order chi connectivity index (χ0) is 24.8. The summed E-state index contributed by atoms with van der Waals surface area (Å²) in [5.41, 5.74) is -5.00. The van der Waals surface area contributed by atoms with Gasteiger partial charge >= 0.3 is 21.6 Å². The number of hydrogen-bond donors (Lipinski definition) is 0. The molecule has 178 valence electrons. The number of pyridine rings is 1. The van der Waals surface area contributed by atoms with Crippen LogP contribution in [0.1, 0.15) is 62.7 Å². The molecule has 0 aliphatic heterocycles. The van der Waals surface area contributed by atoms with Crippen molar-refractivity contribution >= 4 is 21.8 Å². The Morgan fingerprint density at radius 2 is 1.76 bits per heavy atom. The number of esters is 1. The summed E-state index contributed by atoms with van der Waals surface area (Å²) in [5.74, 6) is -1.02. The van der Waals surface area contributed by atoms with Crippen LogP contribution >= 0.6 is 0 Å². The lowest BCUT2D eigenvalue weighted by Crippen LogP contribution is -2.27. The Balaban J connectivity index is 2.05. The highest BCUT2D eigenvalue weighted by Crippen LogP contribution is 2.42. The molecule has 10 heteroatoms. The fraction of sp³-hybridized carbons (Fsp3) is 0.391. The molecule has 0 unspecified atom stereocenters. The van der Waals surface area contributed by atoms with E-state index in [9.17, 15) is 26.4 Å². The van der Waals surface area contributed by atoms with Crippen LogP contribution in [0.15, 0.2) is 42.5 Å². The quantitative estimate of drug-likeness (QED) is 0.320. The van der Waals surface area contributed by atoms with E-state index in [4.69, 9.17) is 4.74 Å². The molecule has 2 aromatic rings. The van der Waals surface area contributed by atoms with E-state index < -0.39 is 38.4 Å². The van der Waals surface area contributed by atoms with Crippen molar-refractivity contribution in [2.45, 2.75) is 57.6 Å². The van der Waals surface area contributed by atoms with Crippen molar-refractivity contribution < 1.29 is 35.3 Å². The van der Waals surface area contributed by atoms with Crippen LogP contribution in [0.5, 0.6) is 0 Å². The van der Waals surface area contributed by atoms with Crippen LogP contribution in [-0.4, -0.2) is 30.5 Å². The van der Waals surface area contributed by atoms with Crippen LogP contribution in [0.25, 0.3) is 17.0 Å². The number of nitrogens with zero attached hydrogens (tertiary/aromatic N) is 1. The minimum absolute atomic E-state index is 0.0622. The maximum absolute atomic E-state index is 12.9. The van der Waals surface area contributed by atoms with Gasteiger partial charge in [-0.2, -0.15) is 21.6 Å². The Labute approximate surface area is 190 Å². The number of benzene rings is 1.